The highest BCUT2D eigenvalue weighted by molar-refractivity contribution is 5.85. The molecule has 2 heterocycles. The summed E-state index contributed by atoms with van der Waals surface area (Å²) in [6.45, 7) is 11.9. The van der Waals surface area contributed by atoms with E-state index >= 15 is 0 Å². The Kier molecular flexibility index (Phi) is 5.63. The highest BCUT2D eigenvalue weighted by Crippen LogP contribution is 2.40. The Morgan fingerprint density at radius 1 is 1.14 bits per heavy atom. The molecule has 4 atom stereocenters. The largest absolute Gasteiger partial charge is 0.446 e. The van der Waals surface area contributed by atoms with Crippen molar-refractivity contribution in [1.82, 2.24) is 9.88 Å². The average molecular weight is 397 g/mol. The first-order valence-corrected chi connectivity index (χ1v) is 11.4. The summed E-state index contributed by atoms with van der Waals surface area (Å²) in [4.78, 5) is 19.0. The number of hydrogen-bond acceptors (Lipinski definition) is 2. The second-order valence-electron chi connectivity index (χ2n) is 9.94. The van der Waals surface area contributed by atoms with Crippen LogP contribution in [0, 0.1) is 23.7 Å². The maximum absolute atomic E-state index is 13.4. The number of nitrogens with one attached hydrogen (secondary N) is 1. The van der Waals surface area contributed by atoms with Crippen LogP contribution in [0.4, 0.5) is 4.79 Å². The second kappa shape index (κ2) is 8.04. The number of rotatable bonds is 3. The van der Waals surface area contributed by atoms with Gasteiger partial charge in [-0.2, -0.15) is 0 Å². The van der Waals surface area contributed by atoms with Crippen LogP contribution in [0.15, 0.2) is 24.3 Å². The van der Waals surface area contributed by atoms with Gasteiger partial charge in [0.25, 0.3) is 0 Å². The predicted octanol–water partition coefficient (Wildman–Crippen LogP) is 6.32. The Balaban J connectivity index is 1.59. The molecule has 1 saturated carbocycles. The van der Waals surface area contributed by atoms with Gasteiger partial charge in [0.1, 0.15) is 6.10 Å². The molecule has 1 aliphatic heterocycles. The zero-order valence-electron chi connectivity index (χ0n) is 18.6. The van der Waals surface area contributed by atoms with Crippen LogP contribution >= 0.6 is 0 Å². The quantitative estimate of drug-likeness (QED) is 0.660. The van der Waals surface area contributed by atoms with Gasteiger partial charge in [-0.25, -0.2) is 4.79 Å². The third-order valence-electron chi connectivity index (χ3n) is 7.16. The van der Waals surface area contributed by atoms with E-state index in [1.54, 1.807) is 0 Å². The van der Waals surface area contributed by atoms with Crippen molar-refractivity contribution in [2.75, 3.05) is 6.54 Å². The number of amides is 1. The first-order valence-electron chi connectivity index (χ1n) is 11.4. The summed E-state index contributed by atoms with van der Waals surface area (Å²) >= 11 is 0. The van der Waals surface area contributed by atoms with E-state index in [1.807, 2.05) is 4.90 Å². The van der Waals surface area contributed by atoms with Crippen LogP contribution < -0.4 is 0 Å². The van der Waals surface area contributed by atoms with Crippen LogP contribution in [0.25, 0.3) is 10.9 Å². The van der Waals surface area contributed by atoms with Crippen molar-refractivity contribution in [2.24, 2.45) is 23.7 Å². The predicted molar refractivity (Wildman–Crippen MR) is 118 cm³/mol. The second-order valence-corrected chi connectivity index (χ2v) is 9.94. The Bertz CT molecular complexity index is 869. The lowest BCUT2D eigenvalue weighted by atomic mass is 9.75. The Morgan fingerprint density at radius 2 is 1.90 bits per heavy atom. The molecule has 4 rings (SSSR count). The topological polar surface area (TPSA) is 45.3 Å². The number of nitrogens with zero attached hydrogens (tertiary/aromatic N) is 1. The van der Waals surface area contributed by atoms with Gasteiger partial charge >= 0.3 is 6.09 Å². The van der Waals surface area contributed by atoms with Crippen LogP contribution in [0.5, 0.6) is 0 Å². The number of H-pyrrole nitrogens is 1. The fourth-order valence-electron chi connectivity index (χ4n) is 5.62. The number of carbonyl (C=O) groups excluding carboxylic acids is 1. The van der Waals surface area contributed by atoms with Crippen molar-refractivity contribution >= 4 is 17.0 Å². The molecule has 0 unspecified atom stereocenters. The molecule has 158 valence electrons. The van der Waals surface area contributed by atoms with E-state index in [1.165, 1.54) is 28.6 Å². The SMILES string of the molecule is CC(C)[C@H]1c2[nH]c3ccccc3c2CCN1C(=O)O[C@@H]1C[C@H](C)CC[C@H]1C(C)C. The van der Waals surface area contributed by atoms with Crippen LogP contribution in [0.3, 0.4) is 0 Å². The third-order valence-corrected chi connectivity index (χ3v) is 7.16. The summed E-state index contributed by atoms with van der Waals surface area (Å²) in [6.07, 6.45) is 4.20. The van der Waals surface area contributed by atoms with Gasteiger partial charge in [-0.05, 0) is 54.6 Å². The molecule has 0 spiro atoms. The monoisotopic (exact) mass is 396 g/mol. The molecule has 4 heteroatoms. The molecular weight excluding hydrogens is 360 g/mol. The molecule has 29 heavy (non-hydrogen) atoms. The van der Waals surface area contributed by atoms with Crippen molar-refractivity contribution in [2.45, 2.75) is 72.4 Å². The lowest BCUT2D eigenvalue weighted by Gasteiger charge is -2.41. The standard InChI is InChI=1S/C25H36N2O2/c1-15(2)18-11-10-17(5)14-22(18)29-25(28)27-13-12-20-19-8-6-7-9-21(19)26-23(20)24(27)16(3)4/h6-9,15-18,22,24,26H,10-14H2,1-5H3/t17-,18+,22-,24+/m1/s1. The van der Waals surface area contributed by atoms with E-state index in [0.29, 0.717) is 23.7 Å². The Morgan fingerprint density at radius 3 is 2.62 bits per heavy atom. The van der Waals surface area contributed by atoms with E-state index in [9.17, 15) is 4.79 Å². The van der Waals surface area contributed by atoms with Crippen LogP contribution in [-0.2, 0) is 11.2 Å². The van der Waals surface area contributed by atoms with Gasteiger partial charge < -0.3 is 9.72 Å². The number of hydrogen-bond donors (Lipinski definition) is 1. The van der Waals surface area contributed by atoms with Gasteiger partial charge in [-0.15, -0.1) is 0 Å². The molecule has 1 fully saturated rings. The van der Waals surface area contributed by atoms with Crippen molar-refractivity contribution in [3.63, 3.8) is 0 Å². The maximum Gasteiger partial charge on any atom is 0.410 e. The van der Waals surface area contributed by atoms with E-state index in [0.717, 1.165) is 25.8 Å². The first kappa shape index (κ1) is 20.3. The lowest BCUT2D eigenvalue weighted by molar-refractivity contribution is -0.0200. The van der Waals surface area contributed by atoms with Crippen molar-refractivity contribution in [3.8, 4) is 0 Å². The normalized spacial score (nSPS) is 27.5. The lowest BCUT2D eigenvalue weighted by Crippen LogP contribution is -2.45. The van der Waals surface area contributed by atoms with Crippen molar-refractivity contribution < 1.29 is 9.53 Å². The summed E-state index contributed by atoms with van der Waals surface area (Å²) < 4.78 is 6.22. The molecule has 4 nitrogen and oxygen atoms in total. The minimum absolute atomic E-state index is 0.0390. The van der Waals surface area contributed by atoms with E-state index < -0.39 is 0 Å². The zero-order valence-corrected chi connectivity index (χ0v) is 18.6. The van der Waals surface area contributed by atoms with E-state index in [2.05, 4.69) is 63.9 Å². The van der Waals surface area contributed by atoms with Gasteiger partial charge in [0.2, 0.25) is 0 Å². The number of benzene rings is 1. The van der Waals surface area contributed by atoms with Crippen molar-refractivity contribution in [1.29, 1.82) is 0 Å². The maximum atomic E-state index is 13.4. The fourth-order valence-corrected chi connectivity index (χ4v) is 5.62. The number of aromatic amines is 1. The van der Waals surface area contributed by atoms with Crippen LogP contribution in [-0.4, -0.2) is 28.6 Å². The minimum Gasteiger partial charge on any atom is -0.446 e. The molecule has 0 bridgehead atoms. The molecule has 0 saturated heterocycles. The minimum atomic E-state index is -0.127. The van der Waals surface area contributed by atoms with Gasteiger partial charge in [0.05, 0.1) is 6.04 Å². The highest BCUT2D eigenvalue weighted by atomic mass is 16.6. The summed E-state index contributed by atoms with van der Waals surface area (Å²) in [5.41, 5.74) is 3.73. The number of fused-ring (bicyclic) bond motifs is 3. The van der Waals surface area contributed by atoms with Gasteiger partial charge in [-0.1, -0.05) is 59.2 Å². The highest BCUT2D eigenvalue weighted by Gasteiger charge is 2.39. The third kappa shape index (κ3) is 3.78. The fraction of sp³-hybridized carbons (Fsp3) is 0.640. The van der Waals surface area contributed by atoms with E-state index in [-0.39, 0.29) is 18.2 Å². The number of aromatic nitrogens is 1. The number of para-hydroxylation sites is 1. The molecule has 1 aromatic carbocycles. The summed E-state index contributed by atoms with van der Waals surface area (Å²) in [5.74, 6) is 1.97. The summed E-state index contributed by atoms with van der Waals surface area (Å²) in [6, 6.07) is 8.52. The summed E-state index contributed by atoms with van der Waals surface area (Å²) in [7, 11) is 0. The molecule has 2 aliphatic rings. The van der Waals surface area contributed by atoms with Crippen LogP contribution in [0.2, 0.25) is 0 Å². The number of carbonyl (C=O) groups is 1. The van der Waals surface area contributed by atoms with Gasteiger partial charge in [0, 0.05) is 23.1 Å². The molecule has 1 aromatic heterocycles. The molecule has 0 radical (unpaired) electrons. The molecule has 1 N–H and O–H groups in total. The molecule has 1 amide bonds. The smallest absolute Gasteiger partial charge is 0.410 e. The summed E-state index contributed by atoms with van der Waals surface area (Å²) in [5, 5.41) is 1.29. The van der Waals surface area contributed by atoms with Gasteiger partial charge in [0.15, 0.2) is 0 Å². The van der Waals surface area contributed by atoms with Gasteiger partial charge in [-0.3, -0.25) is 4.90 Å². The van der Waals surface area contributed by atoms with E-state index in [4.69, 9.17) is 4.74 Å². The first-order chi connectivity index (χ1) is 13.9. The molecule has 2 aromatic rings. The zero-order chi connectivity index (χ0) is 20.7. The Hall–Kier alpha value is -1.97. The number of ether oxygens (including phenoxy) is 1. The molecular formula is C25H36N2O2. The van der Waals surface area contributed by atoms with Crippen LogP contribution in [0.1, 0.15) is 71.2 Å². The Labute approximate surface area is 175 Å². The average Bonchev–Trinajstić information content (AvgIpc) is 3.05. The molecule has 1 aliphatic carbocycles. The van der Waals surface area contributed by atoms with Crippen molar-refractivity contribution in [3.05, 3.63) is 35.5 Å².